The Balaban J connectivity index is 1.94. The molecule has 0 amide bonds. The van der Waals surface area contributed by atoms with Crippen LogP contribution in [0.1, 0.15) is 25.0 Å². The van der Waals surface area contributed by atoms with Crippen molar-refractivity contribution >= 4 is 0 Å². The molecule has 0 radical (unpaired) electrons. The van der Waals surface area contributed by atoms with Crippen LogP contribution >= 0.6 is 0 Å². The smallest absolute Gasteiger partial charge is 0.120 e. The van der Waals surface area contributed by atoms with Gasteiger partial charge in [0.1, 0.15) is 5.75 Å². The van der Waals surface area contributed by atoms with E-state index in [1.54, 1.807) is 6.07 Å². The number of aromatic hydroxyl groups is 1. The summed E-state index contributed by atoms with van der Waals surface area (Å²) in [6, 6.07) is 17.9. The van der Waals surface area contributed by atoms with Gasteiger partial charge in [0.05, 0.1) is 0 Å². The molecule has 2 aromatic rings. The summed E-state index contributed by atoms with van der Waals surface area (Å²) in [7, 11) is 0. The fourth-order valence-electron chi connectivity index (χ4n) is 2.16. The van der Waals surface area contributed by atoms with Crippen molar-refractivity contribution in [3.05, 3.63) is 65.7 Å². The zero-order valence-electron chi connectivity index (χ0n) is 11.6. The Morgan fingerprint density at radius 1 is 0.947 bits per heavy atom. The van der Waals surface area contributed by atoms with Gasteiger partial charge in [0.15, 0.2) is 0 Å². The molecule has 0 aliphatic carbocycles. The summed E-state index contributed by atoms with van der Waals surface area (Å²) in [4.78, 5) is 0. The van der Waals surface area contributed by atoms with Crippen molar-refractivity contribution in [2.45, 2.75) is 25.8 Å². The van der Waals surface area contributed by atoms with Gasteiger partial charge in [-0.1, -0.05) is 62.4 Å². The van der Waals surface area contributed by atoms with Gasteiger partial charge in [-0.05, 0) is 11.6 Å². The zero-order valence-corrected chi connectivity index (χ0v) is 11.6. The second-order valence-corrected chi connectivity index (χ2v) is 5.48. The van der Waals surface area contributed by atoms with Crippen LogP contribution in [0, 0.1) is 0 Å². The molecule has 0 bridgehead atoms. The van der Waals surface area contributed by atoms with E-state index < -0.39 is 0 Å². The molecular weight excluding hydrogens is 234 g/mol. The summed E-state index contributed by atoms with van der Waals surface area (Å²) in [6.45, 7) is 5.99. The van der Waals surface area contributed by atoms with E-state index in [4.69, 9.17) is 0 Å². The number of para-hydroxylation sites is 1. The SMILES string of the molecule is CC(C)(CNCc1ccccc1O)c1ccccc1. The summed E-state index contributed by atoms with van der Waals surface area (Å²) in [5.41, 5.74) is 2.33. The van der Waals surface area contributed by atoms with Crippen molar-refractivity contribution in [2.24, 2.45) is 0 Å². The molecule has 100 valence electrons. The molecule has 2 N–H and O–H groups in total. The van der Waals surface area contributed by atoms with Gasteiger partial charge in [0, 0.05) is 24.1 Å². The summed E-state index contributed by atoms with van der Waals surface area (Å²) < 4.78 is 0. The predicted octanol–water partition coefficient (Wildman–Crippen LogP) is 3.46. The van der Waals surface area contributed by atoms with E-state index in [1.807, 2.05) is 24.3 Å². The number of nitrogens with one attached hydrogen (secondary N) is 1. The minimum Gasteiger partial charge on any atom is -0.508 e. The van der Waals surface area contributed by atoms with E-state index in [-0.39, 0.29) is 5.41 Å². The first-order valence-corrected chi connectivity index (χ1v) is 6.63. The van der Waals surface area contributed by atoms with Crippen molar-refractivity contribution in [1.29, 1.82) is 0 Å². The third kappa shape index (κ3) is 3.58. The Morgan fingerprint density at radius 3 is 2.26 bits per heavy atom. The largest absolute Gasteiger partial charge is 0.508 e. The van der Waals surface area contributed by atoms with Crippen LogP contribution in [0.4, 0.5) is 0 Å². The highest BCUT2D eigenvalue weighted by Crippen LogP contribution is 2.22. The fraction of sp³-hybridized carbons (Fsp3) is 0.294. The molecule has 2 aromatic carbocycles. The lowest BCUT2D eigenvalue weighted by Crippen LogP contribution is -2.32. The topological polar surface area (TPSA) is 32.3 Å². The summed E-state index contributed by atoms with van der Waals surface area (Å²) in [5.74, 6) is 0.354. The average Bonchev–Trinajstić information content (AvgIpc) is 2.42. The number of phenolic OH excluding ortho intramolecular Hbond substituents is 1. The number of phenols is 1. The lowest BCUT2D eigenvalue weighted by molar-refractivity contribution is 0.446. The van der Waals surface area contributed by atoms with Crippen LogP contribution in [-0.2, 0) is 12.0 Å². The van der Waals surface area contributed by atoms with Crippen LogP contribution < -0.4 is 5.32 Å². The van der Waals surface area contributed by atoms with E-state index in [1.165, 1.54) is 5.56 Å². The minimum absolute atomic E-state index is 0.0751. The molecule has 0 aliphatic rings. The van der Waals surface area contributed by atoms with Gasteiger partial charge in [-0.25, -0.2) is 0 Å². The molecule has 0 fully saturated rings. The number of rotatable bonds is 5. The lowest BCUT2D eigenvalue weighted by Gasteiger charge is -2.26. The molecule has 0 aliphatic heterocycles. The maximum absolute atomic E-state index is 9.72. The molecule has 0 spiro atoms. The van der Waals surface area contributed by atoms with Crippen LogP contribution in [0.3, 0.4) is 0 Å². The number of hydrogen-bond acceptors (Lipinski definition) is 2. The third-order valence-corrected chi connectivity index (χ3v) is 3.43. The highest BCUT2D eigenvalue weighted by Gasteiger charge is 2.19. The van der Waals surface area contributed by atoms with E-state index >= 15 is 0 Å². The molecule has 2 rings (SSSR count). The maximum atomic E-state index is 9.72. The number of hydrogen-bond donors (Lipinski definition) is 2. The van der Waals surface area contributed by atoms with Gasteiger partial charge in [-0.3, -0.25) is 0 Å². The predicted molar refractivity (Wildman–Crippen MR) is 79.3 cm³/mol. The summed E-state index contributed by atoms with van der Waals surface area (Å²) in [6.07, 6.45) is 0. The van der Waals surface area contributed by atoms with Gasteiger partial charge >= 0.3 is 0 Å². The molecule has 2 heteroatoms. The maximum Gasteiger partial charge on any atom is 0.120 e. The molecule has 0 saturated heterocycles. The fourth-order valence-corrected chi connectivity index (χ4v) is 2.16. The van der Waals surface area contributed by atoms with Crippen molar-refractivity contribution in [3.8, 4) is 5.75 Å². The van der Waals surface area contributed by atoms with Crippen LogP contribution in [0.2, 0.25) is 0 Å². The summed E-state index contributed by atoms with van der Waals surface area (Å²) >= 11 is 0. The summed E-state index contributed by atoms with van der Waals surface area (Å²) in [5, 5.41) is 13.1. The van der Waals surface area contributed by atoms with Gasteiger partial charge in [0.25, 0.3) is 0 Å². The van der Waals surface area contributed by atoms with Crippen LogP contribution in [-0.4, -0.2) is 11.7 Å². The van der Waals surface area contributed by atoms with Crippen LogP contribution in [0.5, 0.6) is 5.75 Å². The van der Waals surface area contributed by atoms with E-state index in [0.29, 0.717) is 12.3 Å². The van der Waals surface area contributed by atoms with E-state index in [9.17, 15) is 5.11 Å². The zero-order chi connectivity index (χ0) is 13.7. The number of benzene rings is 2. The van der Waals surface area contributed by atoms with Gasteiger partial charge in [-0.15, -0.1) is 0 Å². The highest BCUT2D eigenvalue weighted by molar-refractivity contribution is 5.31. The van der Waals surface area contributed by atoms with Gasteiger partial charge in [-0.2, -0.15) is 0 Å². The van der Waals surface area contributed by atoms with Crippen molar-refractivity contribution in [2.75, 3.05) is 6.54 Å². The molecule has 0 aromatic heterocycles. The first kappa shape index (κ1) is 13.6. The Kier molecular flexibility index (Phi) is 4.23. The third-order valence-electron chi connectivity index (χ3n) is 3.43. The molecule has 0 atom stereocenters. The standard InChI is InChI=1S/C17H21NO/c1-17(2,15-9-4-3-5-10-15)13-18-12-14-8-6-7-11-16(14)19/h3-11,18-19H,12-13H2,1-2H3. The van der Waals surface area contributed by atoms with Crippen LogP contribution in [0.25, 0.3) is 0 Å². The Bertz CT molecular complexity index is 520. The monoisotopic (exact) mass is 255 g/mol. The first-order valence-electron chi connectivity index (χ1n) is 6.63. The van der Waals surface area contributed by atoms with Crippen molar-refractivity contribution in [1.82, 2.24) is 5.32 Å². The van der Waals surface area contributed by atoms with Crippen molar-refractivity contribution in [3.63, 3.8) is 0 Å². The molecule has 0 heterocycles. The van der Waals surface area contributed by atoms with E-state index in [0.717, 1.165) is 12.1 Å². The molecule has 0 unspecified atom stereocenters. The van der Waals surface area contributed by atoms with Crippen LogP contribution in [0.15, 0.2) is 54.6 Å². The van der Waals surface area contributed by atoms with Gasteiger partial charge in [0.2, 0.25) is 0 Å². The Morgan fingerprint density at radius 2 is 1.58 bits per heavy atom. The van der Waals surface area contributed by atoms with Crippen molar-refractivity contribution < 1.29 is 5.11 Å². The second-order valence-electron chi connectivity index (χ2n) is 5.48. The normalized spacial score (nSPS) is 11.5. The molecular formula is C17H21NO. The van der Waals surface area contributed by atoms with Gasteiger partial charge < -0.3 is 10.4 Å². The van der Waals surface area contributed by atoms with E-state index in [2.05, 4.69) is 43.4 Å². The first-order chi connectivity index (χ1) is 9.09. The quantitative estimate of drug-likeness (QED) is 0.857. The molecule has 2 nitrogen and oxygen atoms in total. The second kappa shape index (κ2) is 5.89. The lowest BCUT2D eigenvalue weighted by atomic mass is 9.84. The average molecular weight is 255 g/mol. The Hall–Kier alpha value is -1.80. The minimum atomic E-state index is 0.0751. The molecule has 19 heavy (non-hydrogen) atoms. The Labute approximate surface area is 115 Å². The highest BCUT2D eigenvalue weighted by atomic mass is 16.3. The molecule has 0 saturated carbocycles.